The maximum atomic E-state index is 12.7. The number of thiazole rings is 1. The Morgan fingerprint density at radius 2 is 2.00 bits per heavy atom. The summed E-state index contributed by atoms with van der Waals surface area (Å²) in [5, 5.41) is 5.34. The third kappa shape index (κ3) is 3.58. The molecule has 26 heavy (non-hydrogen) atoms. The van der Waals surface area contributed by atoms with Crippen LogP contribution in [0.1, 0.15) is 18.4 Å². The molecule has 4 rings (SSSR count). The smallest absolute Gasteiger partial charge is 0.242 e. The minimum atomic E-state index is -0.0459. The molecule has 2 aromatic rings. The lowest BCUT2D eigenvalue weighted by atomic mass is 9.96. The van der Waals surface area contributed by atoms with Gasteiger partial charge in [0.1, 0.15) is 0 Å². The van der Waals surface area contributed by atoms with Gasteiger partial charge in [0, 0.05) is 42.8 Å². The minimum absolute atomic E-state index is 0.0144. The number of piperidine rings is 1. The van der Waals surface area contributed by atoms with Crippen LogP contribution in [-0.2, 0) is 16.0 Å². The molecule has 1 aromatic carbocycles. The number of hydrogen-bond acceptors (Lipinski definition) is 5. The van der Waals surface area contributed by atoms with Crippen LogP contribution in [0.15, 0.2) is 35.8 Å². The van der Waals surface area contributed by atoms with E-state index in [1.165, 1.54) is 22.6 Å². The van der Waals surface area contributed by atoms with E-state index in [1.807, 2.05) is 22.4 Å². The van der Waals surface area contributed by atoms with Gasteiger partial charge in [-0.05, 0) is 30.9 Å². The van der Waals surface area contributed by atoms with Crippen molar-refractivity contribution >= 4 is 34.0 Å². The quantitative estimate of drug-likeness (QED) is 0.897. The molecule has 6 nitrogen and oxygen atoms in total. The second kappa shape index (κ2) is 7.45. The molecule has 0 radical (unpaired) electrons. The number of nitrogens with zero attached hydrogens (tertiary/aromatic N) is 3. The van der Waals surface area contributed by atoms with Crippen LogP contribution in [-0.4, -0.2) is 47.9 Å². The minimum Gasteiger partial charge on any atom is -0.362 e. The largest absolute Gasteiger partial charge is 0.362 e. The Balaban J connectivity index is 1.28. The van der Waals surface area contributed by atoms with Crippen molar-refractivity contribution in [3.05, 3.63) is 41.4 Å². The molecule has 0 unspecified atom stereocenters. The summed E-state index contributed by atoms with van der Waals surface area (Å²) in [5.74, 6) is 0.122. The van der Waals surface area contributed by atoms with Crippen molar-refractivity contribution in [2.75, 3.05) is 36.4 Å². The average Bonchev–Trinajstić information content (AvgIpc) is 3.32. The molecule has 0 saturated carbocycles. The highest BCUT2D eigenvalue weighted by Gasteiger charge is 2.29. The van der Waals surface area contributed by atoms with Crippen molar-refractivity contribution in [1.29, 1.82) is 0 Å². The molecule has 1 saturated heterocycles. The lowest BCUT2D eigenvalue weighted by molar-refractivity contribution is -0.133. The number of para-hydroxylation sites is 1. The van der Waals surface area contributed by atoms with E-state index in [-0.39, 0.29) is 17.7 Å². The molecule has 2 aliphatic heterocycles. The predicted molar refractivity (Wildman–Crippen MR) is 102 cm³/mol. The van der Waals surface area contributed by atoms with E-state index < -0.39 is 0 Å². The van der Waals surface area contributed by atoms with Gasteiger partial charge in [-0.25, -0.2) is 4.98 Å². The summed E-state index contributed by atoms with van der Waals surface area (Å²) in [6.45, 7) is 2.61. The molecule has 3 heterocycles. The Kier molecular flexibility index (Phi) is 4.88. The van der Waals surface area contributed by atoms with Crippen LogP contribution in [0.3, 0.4) is 0 Å². The van der Waals surface area contributed by atoms with Crippen LogP contribution >= 0.6 is 11.3 Å². The molecule has 1 N–H and O–H groups in total. The van der Waals surface area contributed by atoms with E-state index in [0.29, 0.717) is 37.6 Å². The highest BCUT2D eigenvalue weighted by Crippen LogP contribution is 2.27. The summed E-state index contributed by atoms with van der Waals surface area (Å²) in [4.78, 5) is 33.1. The normalized spacial score (nSPS) is 17.2. The van der Waals surface area contributed by atoms with Gasteiger partial charge in [0.15, 0.2) is 5.13 Å². The first-order valence-electron chi connectivity index (χ1n) is 9.01. The van der Waals surface area contributed by atoms with E-state index >= 15 is 0 Å². The van der Waals surface area contributed by atoms with E-state index in [2.05, 4.69) is 27.3 Å². The number of rotatable bonds is 4. The first-order valence-corrected chi connectivity index (χ1v) is 9.89. The van der Waals surface area contributed by atoms with Gasteiger partial charge in [0.05, 0.1) is 6.54 Å². The van der Waals surface area contributed by atoms with Crippen LogP contribution in [0.25, 0.3) is 0 Å². The van der Waals surface area contributed by atoms with Crippen molar-refractivity contribution in [3.8, 4) is 0 Å². The maximum absolute atomic E-state index is 12.7. The van der Waals surface area contributed by atoms with Gasteiger partial charge in [-0.1, -0.05) is 18.2 Å². The zero-order chi connectivity index (χ0) is 17.9. The first-order chi connectivity index (χ1) is 12.7. The molecule has 0 aliphatic carbocycles. The maximum Gasteiger partial charge on any atom is 0.242 e. The molecule has 136 valence electrons. The summed E-state index contributed by atoms with van der Waals surface area (Å²) in [6.07, 6.45) is 4.10. The van der Waals surface area contributed by atoms with E-state index in [0.717, 1.165) is 13.0 Å². The Morgan fingerprint density at radius 3 is 2.77 bits per heavy atom. The number of fused-ring (bicyclic) bond motifs is 1. The lowest BCUT2D eigenvalue weighted by Crippen LogP contribution is -2.45. The number of carbonyl (C=O) groups excluding carboxylic acids is 2. The number of hydrogen-bond donors (Lipinski definition) is 1. The van der Waals surface area contributed by atoms with Gasteiger partial charge in [-0.2, -0.15) is 0 Å². The third-order valence-corrected chi connectivity index (χ3v) is 5.88. The van der Waals surface area contributed by atoms with Crippen LogP contribution in [0.2, 0.25) is 0 Å². The molecular formula is C19H22N4O2S. The molecule has 2 aliphatic rings. The number of anilines is 2. The fourth-order valence-corrected chi connectivity index (χ4v) is 4.25. The van der Waals surface area contributed by atoms with Crippen LogP contribution in [0, 0.1) is 5.92 Å². The van der Waals surface area contributed by atoms with Gasteiger partial charge >= 0.3 is 0 Å². The number of amides is 2. The molecule has 7 heteroatoms. The number of carbonyl (C=O) groups is 2. The SMILES string of the molecule is O=C(Nc1nccs1)C1CCN(C(=O)CN2CCc3ccccc32)CC1. The second-order valence-electron chi connectivity index (χ2n) is 6.78. The molecule has 2 amide bonds. The zero-order valence-electron chi connectivity index (χ0n) is 14.6. The summed E-state index contributed by atoms with van der Waals surface area (Å²) in [5.41, 5.74) is 2.50. The summed E-state index contributed by atoms with van der Waals surface area (Å²) < 4.78 is 0. The summed E-state index contributed by atoms with van der Waals surface area (Å²) in [7, 11) is 0. The van der Waals surface area contributed by atoms with Gasteiger partial charge in [-0.3, -0.25) is 9.59 Å². The number of nitrogens with one attached hydrogen (secondary N) is 1. The second-order valence-corrected chi connectivity index (χ2v) is 7.68. The Labute approximate surface area is 156 Å². The summed E-state index contributed by atoms with van der Waals surface area (Å²) in [6, 6.07) is 8.29. The molecule has 1 aromatic heterocycles. The Bertz CT molecular complexity index is 785. The molecule has 0 bridgehead atoms. The van der Waals surface area contributed by atoms with Crippen molar-refractivity contribution in [2.24, 2.45) is 5.92 Å². The topological polar surface area (TPSA) is 65.5 Å². The molecule has 0 atom stereocenters. The molecule has 0 spiro atoms. The highest BCUT2D eigenvalue weighted by atomic mass is 32.1. The average molecular weight is 370 g/mol. The number of aromatic nitrogens is 1. The third-order valence-electron chi connectivity index (χ3n) is 5.19. The van der Waals surface area contributed by atoms with Gasteiger partial charge in [-0.15, -0.1) is 11.3 Å². The van der Waals surface area contributed by atoms with Crippen LogP contribution in [0.4, 0.5) is 10.8 Å². The molecule has 1 fully saturated rings. The van der Waals surface area contributed by atoms with Crippen LogP contribution in [0.5, 0.6) is 0 Å². The van der Waals surface area contributed by atoms with E-state index in [4.69, 9.17) is 0 Å². The van der Waals surface area contributed by atoms with Gasteiger partial charge in [0.25, 0.3) is 0 Å². The Morgan fingerprint density at radius 1 is 1.19 bits per heavy atom. The van der Waals surface area contributed by atoms with Crippen molar-refractivity contribution in [3.63, 3.8) is 0 Å². The first kappa shape index (κ1) is 17.0. The van der Waals surface area contributed by atoms with Crippen molar-refractivity contribution < 1.29 is 9.59 Å². The number of benzene rings is 1. The number of likely N-dealkylation sites (tertiary alicyclic amines) is 1. The fourth-order valence-electron chi connectivity index (χ4n) is 3.72. The van der Waals surface area contributed by atoms with Crippen molar-refractivity contribution in [1.82, 2.24) is 9.88 Å². The van der Waals surface area contributed by atoms with Crippen LogP contribution < -0.4 is 10.2 Å². The van der Waals surface area contributed by atoms with Gasteiger partial charge in [0.2, 0.25) is 11.8 Å². The zero-order valence-corrected chi connectivity index (χ0v) is 15.4. The summed E-state index contributed by atoms with van der Waals surface area (Å²) >= 11 is 1.42. The van der Waals surface area contributed by atoms with Gasteiger partial charge < -0.3 is 15.1 Å². The highest BCUT2D eigenvalue weighted by molar-refractivity contribution is 7.13. The Hall–Kier alpha value is -2.41. The monoisotopic (exact) mass is 370 g/mol. The lowest BCUT2D eigenvalue weighted by Gasteiger charge is -2.32. The van der Waals surface area contributed by atoms with Crippen molar-refractivity contribution in [2.45, 2.75) is 19.3 Å². The van der Waals surface area contributed by atoms with E-state index in [9.17, 15) is 9.59 Å². The standard InChI is InChI=1S/C19H22N4O2S/c24-17(13-23-11-5-14-3-1-2-4-16(14)23)22-9-6-15(7-10-22)18(25)21-19-20-8-12-26-19/h1-4,8,12,15H,5-7,9-11,13H2,(H,20,21,25). The molecular weight excluding hydrogens is 348 g/mol. The predicted octanol–water partition coefficient (Wildman–Crippen LogP) is 2.38. The van der Waals surface area contributed by atoms with E-state index in [1.54, 1.807) is 6.20 Å². The fraction of sp³-hybridized carbons (Fsp3) is 0.421.